The Bertz CT molecular complexity index is 1560. The molecule has 2 aromatic heterocycles. The molecule has 0 spiro atoms. The largest absolute Gasteiger partial charge is 0.348 e. The van der Waals surface area contributed by atoms with Gasteiger partial charge in [-0.05, 0) is 36.4 Å². The van der Waals surface area contributed by atoms with Crippen molar-refractivity contribution in [1.29, 1.82) is 0 Å². The minimum Gasteiger partial charge on any atom is -0.348 e. The van der Waals surface area contributed by atoms with Crippen molar-refractivity contribution in [2.75, 3.05) is 16.6 Å². The molecule has 0 aliphatic heterocycles. The molecule has 4 aromatic rings. The number of nitrogens with zero attached hydrogens (tertiary/aromatic N) is 3. The van der Waals surface area contributed by atoms with Gasteiger partial charge in [-0.15, -0.1) is 11.3 Å². The molecule has 4 rings (SSSR count). The van der Waals surface area contributed by atoms with Crippen LogP contribution in [-0.2, 0) is 10.0 Å². The number of alkyl halides is 2. The number of nitrogens with one attached hydrogen (secondary N) is 2. The van der Waals surface area contributed by atoms with Crippen LogP contribution in [-0.4, -0.2) is 36.3 Å². The molecule has 2 heterocycles. The molecule has 0 amide bonds. The first kappa shape index (κ1) is 27.4. The Hall–Kier alpha value is -3.65. The summed E-state index contributed by atoms with van der Waals surface area (Å²) in [6.07, 6.45) is -1.24. The second-order valence-corrected chi connectivity index (χ2v) is 10.9. The Morgan fingerprint density at radius 3 is 2.34 bits per heavy atom. The summed E-state index contributed by atoms with van der Waals surface area (Å²) < 4.78 is 95.5. The van der Waals surface area contributed by atoms with E-state index in [1.165, 1.54) is 23.6 Å². The van der Waals surface area contributed by atoms with E-state index in [2.05, 4.69) is 20.3 Å². The predicted molar refractivity (Wildman–Crippen MR) is 134 cm³/mol. The van der Waals surface area contributed by atoms with E-state index in [1.54, 1.807) is 6.07 Å². The fraction of sp³-hybridized carbons (Fsp3) is 0.208. The monoisotopic (exact) mass is 569 g/mol. The number of benzene rings is 2. The second kappa shape index (κ2) is 11.0. The zero-order valence-electron chi connectivity index (χ0n) is 19.8. The van der Waals surface area contributed by atoms with Crippen molar-refractivity contribution in [2.45, 2.75) is 31.1 Å². The third-order valence-electron chi connectivity index (χ3n) is 5.11. The molecule has 14 heteroatoms. The van der Waals surface area contributed by atoms with Gasteiger partial charge in [0.1, 0.15) is 17.5 Å². The van der Waals surface area contributed by atoms with Gasteiger partial charge >= 0.3 is 0 Å². The van der Waals surface area contributed by atoms with Crippen LogP contribution in [0.25, 0.3) is 21.8 Å². The molecule has 0 unspecified atom stereocenters. The normalized spacial score (nSPS) is 11.8. The molecule has 200 valence electrons. The van der Waals surface area contributed by atoms with E-state index in [4.69, 9.17) is 0 Å². The lowest BCUT2D eigenvalue weighted by Gasteiger charge is -2.12. The Labute approximate surface area is 218 Å². The van der Waals surface area contributed by atoms with Gasteiger partial charge in [0.05, 0.1) is 33.5 Å². The quantitative estimate of drug-likeness (QED) is 0.230. The number of sulfonamides is 1. The molecule has 0 saturated carbocycles. The molecule has 0 aliphatic rings. The van der Waals surface area contributed by atoms with Gasteiger partial charge in [0.2, 0.25) is 5.95 Å². The van der Waals surface area contributed by atoms with Crippen molar-refractivity contribution in [2.24, 2.45) is 0 Å². The zero-order chi connectivity index (χ0) is 27.6. The highest BCUT2D eigenvalue weighted by molar-refractivity contribution is 7.92. The Morgan fingerprint density at radius 1 is 0.974 bits per heavy atom. The second-order valence-electron chi connectivity index (χ2n) is 8.27. The van der Waals surface area contributed by atoms with Gasteiger partial charge in [-0.25, -0.2) is 45.3 Å². The highest BCUT2D eigenvalue weighted by Crippen LogP contribution is 2.39. The lowest BCUT2D eigenvalue weighted by Crippen LogP contribution is -2.17. The van der Waals surface area contributed by atoms with E-state index in [9.17, 15) is 30.4 Å². The molecule has 0 atom stereocenters. The average Bonchev–Trinajstić information content (AvgIpc) is 3.30. The van der Waals surface area contributed by atoms with E-state index in [0.717, 1.165) is 30.3 Å². The first-order chi connectivity index (χ1) is 18.0. The summed E-state index contributed by atoms with van der Waals surface area (Å²) >= 11 is 1.26. The first-order valence-electron chi connectivity index (χ1n) is 11.1. The maximum Gasteiger partial charge on any atom is 0.267 e. The van der Waals surface area contributed by atoms with Crippen molar-refractivity contribution in [1.82, 2.24) is 15.0 Å². The summed E-state index contributed by atoms with van der Waals surface area (Å²) in [5.74, 6) is -3.72. The molecule has 7 nitrogen and oxygen atoms in total. The maximum absolute atomic E-state index is 14.7. The van der Waals surface area contributed by atoms with Gasteiger partial charge in [0, 0.05) is 17.7 Å². The summed E-state index contributed by atoms with van der Waals surface area (Å²) in [4.78, 5) is 12.1. The topological polar surface area (TPSA) is 96.9 Å². The van der Waals surface area contributed by atoms with Crippen molar-refractivity contribution in [3.05, 3.63) is 71.1 Å². The minimum atomic E-state index is -4.83. The Balaban J connectivity index is 1.77. The van der Waals surface area contributed by atoms with Gasteiger partial charge in [-0.1, -0.05) is 19.9 Å². The van der Waals surface area contributed by atoms with E-state index in [0.29, 0.717) is 21.3 Å². The zero-order valence-corrected chi connectivity index (χ0v) is 21.5. The fourth-order valence-electron chi connectivity index (χ4n) is 3.38. The van der Waals surface area contributed by atoms with Crippen LogP contribution in [0.1, 0.15) is 24.8 Å². The van der Waals surface area contributed by atoms with Crippen LogP contribution in [0.4, 0.5) is 33.6 Å². The van der Waals surface area contributed by atoms with E-state index in [1.807, 2.05) is 18.6 Å². The van der Waals surface area contributed by atoms with Crippen molar-refractivity contribution in [3.8, 4) is 21.8 Å². The van der Waals surface area contributed by atoms with Gasteiger partial charge < -0.3 is 5.32 Å². The van der Waals surface area contributed by atoms with Gasteiger partial charge in [-0.3, -0.25) is 4.72 Å². The summed E-state index contributed by atoms with van der Waals surface area (Å²) in [7, 11) is -4.83. The maximum atomic E-state index is 14.7. The molecule has 2 N–H and O–H groups in total. The van der Waals surface area contributed by atoms with Crippen LogP contribution in [0.15, 0.2) is 53.6 Å². The number of rotatable bonds is 9. The highest BCUT2D eigenvalue weighted by Gasteiger charge is 2.26. The SMILES string of the molecule is CC(C)c1nc(-c2ccc(F)c(NS(=O)(=O)c3c(F)cccc3F)c2)c(-c2ccnc(NCC(F)F)n2)s1. The van der Waals surface area contributed by atoms with E-state index in [-0.39, 0.29) is 17.4 Å². The van der Waals surface area contributed by atoms with Crippen molar-refractivity contribution < 1.29 is 30.4 Å². The fourth-order valence-corrected chi connectivity index (χ4v) is 5.64. The Kier molecular flexibility index (Phi) is 7.92. The lowest BCUT2D eigenvalue weighted by atomic mass is 10.1. The van der Waals surface area contributed by atoms with Gasteiger partial charge in [0.25, 0.3) is 16.4 Å². The first-order valence-corrected chi connectivity index (χ1v) is 13.4. The third kappa shape index (κ3) is 5.91. The van der Waals surface area contributed by atoms with E-state index >= 15 is 0 Å². The molecule has 0 fully saturated rings. The van der Waals surface area contributed by atoms with Crippen LogP contribution in [0.3, 0.4) is 0 Å². The van der Waals surface area contributed by atoms with Crippen LogP contribution in [0.2, 0.25) is 0 Å². The van der Waals surface area contributed by atoms with E-state index < -0.39 is 51.0 Å². The highest BCUT2D eigenvalue weighted by atomic mass is 32.2. The Morgan fingerprint density at radius 2 is 1.68 bits per heavy atom. The lowest BCUT2D eigenvalue weighted by molar-refractivity contribution is 0.163. The van der Waals surface area contributed by atoms with Gasteiger partial charge in [-0.2, -0.15) is 0 Å². The van der Waals surface area contributed by atoms with Crippen LogP contribution >= 0.6 is 11.3 Å². The molecule has 38 heavy (non-hydrogen) atoms. The third-order valence-corrected chi connectivity index (χ3v) is 7.91. The van der Waals surface area contributed by atoms with Crippen molar-refractivity contribution in [3.63, 3.8) is 0 Å². The van der Waals surface area contributed by atoms with Crippen LogP contribution in [0, 0.1) is 17.5 Å². The molecular formula is C24H20F5N5O2S2. The standard InChI is InChI=1S/C24H20F5N5O2S2/c1-12(2)23-33-20(21(37-23)17-8-9-30-24(32-17)31-11-19(28)29)13-6-7-14(25)18(10-13)34-38(35,36)22-15(26)4-3-5-16(22)27/h3-10,12,19,34H,11H2,1-2H3,(H,30,31,32). The average molecular weight is 570 g/mol. The number of hydrogen-bond donors (Lipinski definition) is 2. The van der Waals surface area contributed by atoms with Crippen molar-refractivity contribution >= 4 is 33.0 Å². The number of aromatic nitrogens is 3. The van der Waals surface area contributed by atoms with Crippen LogP contribution in [0.5, 0.6) is 0 Å². The molecular weight excluding hydrogens is 549 g/mol. The molecule has 0 saturated heterocycles. The number of halogens is 5. The smallest absolute Gasteiger partial charge is 0.267 e. The van der Waals surface area contributed by atoms with Gasteiger partial charge in [0.15, 0.2) is 4.90 Å². The number of anilines is 2. The summed E-state index contributed by atoms with van der Waals surface area (Å²) in [5.41, 5.74) is 0.375. The molecule has 0 radical (unpaired) electrons. The predicted octanol–water partition coefficient (Wildman–Crippen LogP) is 6.29. The van der Waals surface area contributed by atoms with Crippen LogP contribution < -0.4 is 10.0 Å². The molecule has 2 aromatic carbocycles. The molecule has 0 aliphatic carbocycles. The minimum absolute atomic E-state index is 0.0202. The molecule has 0 bridgehead atoms. The summed E-state index contributed by atoms with van der Waals surface area (Å²) in [6, 6.07) is 7.57. The summed E-state index contributed by atoms with van der Waals surface area (Å²) in [5, 5.41) is 3.11. The summed E-state index contributed by atoms with van der Waals surface area (Å²) in [6.45, 7) is 3.14. The number of hydrogen-bond acceptors (Lipinski definition) is 7. The number of thiazole rings is 1.